The van der Waals surface area contributed by atoms with Crippen molar-refractivity contribution < 1.29 is 15.0 Å². The van der Waals surface area contributed by atoms with Crippen LogP contribution >= 0.6 is 0 Å². The summed E-state index contributed by atoms with van der Waals surface area (Å²) in [6, 6.07) is 1.24. The Labute approximate surface area is 81.7 Å². The van der Waals surface area contributed by atoms with Gasteiger partial charge in [0.15, 0.2) is 0 Å². The first-order chi connectivity index (χ1) is 5.54. The van der Waals surface area contributed by atoms with Crippen LogP contribution in [0.4, 0.5) is 0 Å². The van der Waals surface area contributed by atoms with Crippen LogP contribution in [-0.4, -0.2) is 26.8 Å². The molecule has 0 aliphatic carbocycles. The quantitative estimate of drug-likeness (QED) is 0.292. The standard InChI is InChI=1S/C9H18O2Si.H2O/c1-8(2)9(10)11-6-5-7-12(3)4;/h12H,1,5-7H2,2-4H3;1H2. The summed E-state index contributed by atoms with van der Waals surface area (Å²) in [5, 5.41) is 0. The van der Waals surface area contributed by atoms with Gasteiger partial charge in [0, 0.05) is 14.4 Å². The van der Waals surface area contributed by atoms with Gasteiger partial charge >= 0.3 is 5.97 Å². The van der Waals surface area contributed by atoms with E-state index < -0.39 is 8.80 Å². The Balaban J connectivity index is 0. The smallest absolute Gasteiger partial charge is 0.333 e. The topological polar surface area (TPSA) is 57.8 Å². The van der Waals surface area contributed by atoms with Crippen molar-refractivity contribution in [1.29, 1.82) is 0 Å². The average molecular weight is 204 g/mol. The molecule has 0 radical (unpaired) electrons. The van der Waals surface area contributed by atoms with Gasteiger partial charge < -0.3 is 10.2 Å². The van der Waals surface area contributed by atoms with Gasteiger partial charge in [-0.05, 0) is 13.3 Å². The van der Waals surface area contributed by atoms with Gasteiger partial charge in [-0.2, -0.15) is 0 Å². The molecule has 4 heteroatoms. The molecule has 2 N–H and O–H groups in total. The summed E-state index contributed by atoms with van der Waals surface area (Å²) in [7, 11) is -0.472. The van der Waals surface area contributed by atoms with E-state index >= 15 is 0 Å². The number of hydrogen-bond donors (Lipinski definition) is 0. The van der Waals surface area contributed by atoms with E-state index in [1.54, 1.807) is 6.92 Å². The molecule has 0 fully saturated rings. The van der Waals surface area contributed by atoms with Gasteiger partial charge in [-0.15, -0.1) is 0 Å². The van der Waals surface area contributed by atoms with Gasteiger partial charge in [0.05, 0.1) is 6.61 Å². The third kappa shape index (κ3) is 9.30. The minimum absolute atomic E-state index is 0. The molecule has 0 heterocycles. The third-order valence-corrected chi connectivity index (χ3v) is 3.07. The molecular formula is C9H20O3Si. The van der Waals surface area contributed by atoms with Gasteiger partial charge in [-0.3, -0.25) is 0 Å². The summed E-state index contributed by atoms with van der Waals surface area (Å²) in [4.78, 5) is 10.9. The molecule has 0 aromatic rings. The van der Waals surface area contributed by atoms with Crippen molar-refractivity contribution in [3.05, 3.63) is 12.2 Å². The summed E-state index contributed by atoms with van der Waals surface area (Å²) in [5.41, 5.74) is 0.483. The lowest BCUT2D eigenvalue weighted by Gasteiger charge is -2.04. The number of carbonyl (C=O) groups excluding carboxylic acids is 1. The molecule has 0 aliphatic heterocycles. The van der Waals surface area contributed by atoms with Crippen molar-refractivity contribution in [1.82, 2.24) is 0 Å². The maximum Gasteiger partial charge on any atom is 0.333 e. The van der Waals surface area contributed by atoms with E-state index in [-0.39, 0.29) is 11.4 Å². The highest BCUT2D eigenvalue weighted by Gasteiger charge is 2.02. The van der Waals surface area contributed by atoms with Crippen LogP contribution in [-0.2, 0) is 9.53 Å². The summed E-state index contributed by atoms with van der Waals surface area (Å²) >= 11 is 0. The molecule has 78 valence electrons. The number of carbonyl (C=O) groups is 1. The summed E-state index contributed by atoms with van der Waals surface area (Å²) in [5.74, 6) is -0.263. The zero-order valence-electron chi connectivity index (χ0n) is 8.72. The van der Waals surface area contributed by atoms with Gasteiger partial charge in [0.1, 0.15) is 0 Å². The molecule has 0 rings (SSSR count). The fourth-order valence-corrected chi connectivity index (χ4v) is 1.76. The summed E-state index contributed by atoms with van der Waals surface area (Å²) in [6.07, 6.45) is 1.00. The van der Waals surface area contributed by atoms with Crippen LogP contribution in [0.5, 0.6) is 0 Å². The lowest BCUT2D eigenvalue weighted by Crippen LogP contribution is -2.08. The fraction of sp³-hybridized carbons (Fsp3) is 0.667. The third-order valence-electron chi connectivity index (χ3n) is 1.51. The van der Waals surface area contributed by atoms with Crippen LogP contribution in [0.25, 0.3) is 0 Å². The number of hydrogen-bond acceptors (Lipinski definition) is 2. The van der Waals surface area contributed by atoms with E-state index in [4.69, 9.17) is 4.74 Å². The Hall–Kier alpha value is -0.613. The van der Waals surface area contributed by atoms with Crippen LogP contribution in [0, 0.1) is 0 Å². The van der Waals surface area contributed by atoms with E-state index in [1.807, 2.05) is 0 Å². The molecule has 0 aliphatic rings. The van der Waals surface area contributed by atoms with Gasteiger partial charge in [0.25, 0.3) is 0 Å². The Morgan fingerprint density at radius 1 is 1.46 bits per heavy atom. The minimum atomic E-state index is -0.472. The van der Waals surface area contributed by atoms with Gasteiger partial charge in [0.2, 0.25) is 0 Å². The van der Waals surface area contributed by atoms with E-state index in [9.17, 15) is 4.79 Å². The van der Waals surface area contributed by atoms with Gasteiger partial charge in [-0.25, -0.2) is 4.79 Å². The highest BCUT2D eigenvalue weighted by Crippen LogP contribution is 1.99. The molecule has 0 amide bonds. The van der Waals surface area contributed by atoms with Crippen molar-refractivity contribution in [2.75, 3.05) is 6.61 Å². The SMILES string of the molecule is C=C(C)C(=O)OCCC[SiH](C)C.O. The van der Waals surface area contributed by atoms with Crippen LogP contribution in [0.1, 0.15) is 13.3 Å². The first kappa shape index (κ1) is 14.9. The zero-order chi connectivity index (χ0) is 9.56. The van der Waals surface area contributed by atoms with E-state index in [0.29, 0.717) is 12.2 Å². The second-order valence-electron chi connectivity index (χ2n) is 3.45. The normalized spacial score (nSPS) is 9.23. The second kappa shape index (κ2) is 8.01. The first-order valence-electron chi connectivity index (χ1n) is 4.36. The molecule has 0 aromatic heterocycles. The largest absolute Gasteiger partial charge is 0.462 e. The Bertz CT molecular complexity index is 166. The molecule has 0 bridgehead atoms. The van der Waals surface area contributed by atoms with Crippen LogP contribution in [0.2, 0.25) is 19.1 Å². The molecule has 0 saturated heterocycles. The summed E-state index contributed by atoms with van der Waals surface area (Å²) in [6.45, 7) is 10.3. The van der Waals surface area contributed by atoms with Crippen LogP contribution in [0.15, 0.2) is 12.2 Å². The number of esters is 1. The Morgan fingerprint density at radius 2 is 2.00 bits per heavy atom. The number of rotatable bonds is 5. The lowest BCUT2D eigenvalue weighted by atomic mass is 10.4. The predicted molar refractivity (Wildman–Crippen MR) is 57.7 cm³/mol. The van der Waals surface area contributed by atoms with E-state index in [2.05, 4.69) is 19.7 Å². The van der Waals surface area contributed by atoms with E-state index in [0.717, 1.165) is 6.42 Å². The monoisotopic (exact) mass is 204 g/mol. The Kier molecular flexibility index (Phi) is 9.17. The molecule has 13 heavy (non-hydrogen) atoms. The maximum atomic E-state index is 10.9. The van der Waals surface area contributed by atoms with Crippen molar-refractivity contribution in [3.63, 3.8) is 0 Å². The van der Waals surface area contributed by atoms with Crippen molar-refractivity contribution in [2.45, 2.75) is 32.5 Å². The highest BCUT2D eigenvalue weighted by molar-refractivity contribution is 6.55. The van der Waals surface area contributed by atoms with Crippen LogP contribution in [0.3, 0.4) is 0 Å². The first-order valence-corrected chi connectivity index (χ1v) is 7.49. The molecule has 0 aromatic carbocycles. The molecular weight excluding hydrogens is 184 g/mol. The maximum absolute atomic E-state index is 10.9. The van der Waals surface area contributed by atoms with Crippen molar-refractivity contribution in [2.24, 2.45) is 0 Å². The second-order valence-corrected chi connectivity index (χ2v) is 6.82. The van der Waals surface area contributed by atoms with Crippen LogP contribution < -0.4 is 0 Å². The average Bonchev–Trinajstić information content (AvgIpc) is 1.97. The molecule has 0 saturated carbocycles. The molecule has 0 unspecified atom stereocenters. The summed E-state index contributed by atoms with van der Waals surface area (Å²) < 4.78 is 4.94. The zero-order valence-corrected chi connectivity index (χ0v) is 9.88. The minimum Gasteiger partial charge on any atom is -0.462 e. The molecule has 0 atom stereocenters. The predicted octanol–water partition coefficient (Wildman–Crippen LogP) is 1.16. The van der Waals surface area contributed by atoms with Gasteiger partial charge in [-0.1, -0.05) is 25.7 Å². The molecule has 0 spiro atoms. The number of ether oxygens (including phenoxy) is 1. The van der Waals surface area contributed by atoms with Crippen molar-refractivity contribution >= 4 is 14.8 Å². The molecule has 3 nitrogen and oxygen atoms in total. The van der Waals surface area contributed by atoms with E-state index in [1.165, 1.54) is 6.04 Å². The lowest BCUT2D eigenvalue weighted by molar-refractivity contribution is -0.138. The fourth-order valence-electron chi connectivity index (χ4n) is 0.780. The Morgan fingerprint density at radius 3 is 2.38 bits per heavy atom. The van der Waals surface area contributed by atoms with Crippen molar-refractivity contribution in [3.8, 4) is 0 Å². The highest BCUT2D eigenvalue weighted by atomic mass is 28.3.